The van der Waals surface area contributed by atoms with Gasteiger partial charge in [-0.3, -0.25) is 4.79 Å². The maximum Gasteiger partial charge on any atom is 0.336 e. The zero-order valence-corrected chi connectivity index (χ0v) is 14.6. The molecule has 2 N–H and O–H groups in total. The highest BCUT2D eigenvalue weighted by Crippen LogP contribution is 2.29. The van der Waals surface area contributed by atoms with E-state index in [1.807, 2.05) is 32.0 Å². The highest BCUT2D eigenvalue weighted by Gasteiger charge is 2.24. The lowest BCUT2D eigenvalue weighted by molar-refractivity contribution is -0.115. The van der Waals surface area contributed by atoms with Crippen LogP contribution in [-0.2, 0) is 4.79 Å². The third-order valence-corrected chi connectivity index (χ3v) is 4.76. The van der Waals surface area contributed by atoms with Gasteiger partial charge >= 0.3 is 5.97 Å². The minimum atomic E-state index is -1.03. The lowest BCUT2D eigenvalue weighted by Crippen LogP contribution is -2.19. The Morgan fingerprint density at radius 2 is 1.92 bits per heavy atom. The van der Waals surface area contributed by atoms with Gasteiger partial charge in [0.05, 0.1) is 16.2 Å². The molecule has 1 aliphatic heterocycles. The van der Waals surface area contributed by atoms with Crippen molar-refractivity contribution in [3.05, 3.63) is 69.6 Å². The van der Waals surface area contributed by atoms with Crippen LogP contribution in [0.2, 0.25) is 0 Å². The van der Waals surface area contributed by atoms with Gasteiger partial charge in [0.25, 0.3) is 5.91 Å². The lowest BCUT2D eigenvalue weighted by Gasteiger charge is -2.01. The largest absolute Gasteiger partial charge is 0.478 e. The highest BCUT2D eigenvalue weighted by atomic mass is 32.2. The van der Waals surface area contributed by atoms with E-state index < -0.39 is 5.97 Å². The number of aryl methyl sites for hydroxylation is 2. The minimum Gasteiger partial charge on any atom is -0.478 e. The van der Waals surface area contributed by atoms with Gasteiger partial charge in [0.2, 0.25) is 0 Å². The van der Waals surface area contributed by atoms with E-state index in [0.717, 1.165) is 11.3 Å². The van der Waals surface area contributed by atoms with Crippen molar-refractivity contribution in [1.82, 2.24) is 5.32 Å². The van der Waals surface area contributed by atoms with Crippen molar-refractivity contribution in [1.29, 1.82) is 0 Å². The van der Waals surface area contributed by atoms with Crippen molar-refractivity contribution in [3.63, 3.8) is 0 Å². The first-order valence-electron chi connectivity index (χ1n) is 7.63. The van der Waals surface area contributed by atoms with Crippen molar-refractivity contribution >= 4 is 40.6 Å². The summed E-state index contributed by atoms with van der Waals surface area (Å²) in [7, 11) is 0. The molecule has 0 unspecified atom stereocenters. The molecule has 0 radical (unpaired) electrons. The van der Waals surface area contributed by atoms with Crippen LogP contribution in [0.5, 0.6) is 0 Å². The molecular weight excluding hydrogens is 336 g/mol. The molecule has 0 bridgehead atoms. The van der Waals surface area contributed by atoms with Crippen LogP contribution >= 0.6 is 11.8 Å². The first-order valence-corrected chi connectivity index (χ1v) is 8.45. The molecule has 0 atom stereocenters. The Hall–Kier alpha value is -2.86. The second kappa shape index (κ2) is 6.94. The fraction of sp³-hybridized carbons (Fsp3) is 0.105. The summed E-state index contributed by atoms with van der Waals surface area (Å²) in [5.41, 5.74) is 3.71. The predicted octanol–water partition coefficient (Wildman–Crippen LogP) is 3.89. The third-order valence-electron chi connectivity index (χ3n) is 3.85. The number of hydrogen-bond donors (Lipinski definition) is 2. The molecule has 5 nitrogen and oxygen atoms in total. The molecule has 1 aliphatic rings. The number of carbonyl (C=O) groups excluding carboxylic acids is 1. The van der Waals surface area contributed by atoms with Crippen molar-refractivity contribution in [2.45, 2.75) is 13.8 Å². The minimum absolute atomic E-state index is 0.156. The molecule has 1 saturated heterocycles. The summed E-state index contributed by atoms with van der Waals surface area (Å²) in [5.74, 6) is -1.31. The molecule has 0 saturated carbocycles. The Bertz CT molecular complexity index is 932. The number of amidine groups is 1. The van der Waals surface area contributed by atoms with Crippen LogP contribution in [0.3, 0.4) is 0 Å². The number of thioether (sulfide) groups is 1. The Labute approximate surface area is 149 Å². The number of hydrogen-bond acceptors (Lipinski definition) is 4. The maximum atomic E-state index is 12.2. The van der Waals surface area contributed by atoms with Crippen LogP contribution in [0.25, 0.3) is 6.08 Å². The Balaban J connectivity index is 1.89. The Morgan fingerprint density at radius 3 is 2.64 bits per heavy atom. The van der Waals surface area contributed by atoms with Crippen molar-refractivity contribution in [2.75, 3.05) is 0 Å². The number of nitrogens with zero attached hydrogens (tertiary/aromatic N) is 1. The Kier molecular flexibility index (Phi) is 4.72. The Morgan fingerprint density at radius 1 is 1.16 bits per heavy atom. The molecule has 126 valence electrons. The molecule has 1 heterocycles. The quantitative estimate of drug-likeness (QED) is 0.821. The van der Waals surface area contributed by atoms with Crippen molar-refractivity contribution in [3.8, 4) is 0 Å². The fourth-order valence-electron chi connectivity index (χ4n) is 2.35. The van der Waals surface area contributed by atoms with Gasteiger partial charge in [-0.05, 0) is 66.6 Å². The number of aliphatic imine (C=N–C) groups is 1. The number of rotatable bonds is 3. The molecule has 1 amide bonds. The van der Waals surface area contributed by atoms with Crippen LogP contribution in [0.4, 0.5) is 5.69 Å². The average molecular weight is 352 g/mol. The van der Waals surface area contributed by atoms with E-state index in [-0.39, 0.29) is 11.5 Å². The zero-order valence-electron chi connectivity index (χ0n) is 13.7. The van der Waals surface area contributed by atoms with E-state index in [1.165, 1.54) is 23.4 Å². The van der Waals surface area contributed by atoms with E-state index in [2.05, 4.69) is 10.3 Å². The van der Waals surface area contributed by atoms with Crippen LogP contribution in [0.1, 0.15) is 27.0 Å². The predicted molar refractivity (Wildman–Crippen MR) is 100 cm³/mol. The smallest absolute Gasteiger partial charge is 0.336 e. The third kappa shape index (κ3) is 3.80. The molecule has 2 aromatic rings. The van der Waals surface area contributed by atoms with Gasteiger partial charge in [0.1, 0.15) is 0 Å². The second-order valence-electron chi connectivity index (χ2n) is 5.64. The van der Waals surface area contributed by atoms with E-state index >= 15 is 0 Å². The monoisotopic (exact) mass is 352 g/mol. The van der Waals surface area contributed by atoms with Gasteiger partial charge in [-0.2, -0.15) is 0 Å². The highest BCUT2D eigenvalue weighted by molar-refractivity contribution is 8.18. The van der Waals surface area contributed by atoms with Crippen molar-refractivity contribution in [2.24, 2.45) is 4.99 Å². The molecule has 6 heteroatoms. The van der Waals surface area contributed by atoms with Crippen LogP contribution in [0, 0.1) is 13.8 Å². The van der Waals surface area contributed by atoms with Gasteiger partial charge in [0.15, 0.2) is 5.17 Å². The summed E-state index contributed by atoms with van der Waals surface area (Å²) in [5, 5.41) is 12.4. The van der Waals surface area contributed by atoms with Gasteiger partial charge in [0, 0.05) is 0 Å². The number of nitrogens with one attached hydrogen (secondary N) is 1. The maximum absolute atomic E-state index is 12.2. The standard InChI is InChI=1S/C19H16N2O3S/c1-11-7-8-14(9-12(11)2)20-19-21-17(22)16(25-19)10-13-5-3-4-6-15(13)18(23)24/h3-10H,1-2H3,(H,23,24)(H,20,21,22)/b16-10+. The molecule has 0 aromatic heterocycles. The number of aromatic carboxylic acids is 1. The first-order chi connectivity index (χ1) is 11.9. The van der Waals surface area contributed by atoms with Crippen LogP contribution < -0.4 is 5.32 Å². The molecule has 0 spiro atoms. The second-order valence-corrected chi connectivity index (χ2v) is 6.67. The zero-order chi connectivity index (χ0) is 18.0. The van der Waals surface area contributed by atoms with E-state index in [9.17, 15) is 14.7 Å². The number of carbonyl (C=O) groups is 2. The van der Waals surface area contributed by atoms with Crippen LogP contribution in [-0.4, -0.2) is 22.2 Å². The molecule has 25 heavy (non-hydrogen) atoms. The SMILES string of the molecule is Cc1ccc(N=C2NC(=O)/C(=C\c3ccccc3C(=O)O)S2)cc1C. The average Bonchev–Trinajstić information content (AvgIpc) is 2.90. The van der Waals surface area contributed by atoms with Gasteiger partial charge in [-0.25, -0.2) is 9.79 Å². The lowest BCUT2D eigenvalue weighted by atomic mass is 10.1. The summed E-state index contributed by atoms with van der Waals surface area (Å²) < 4.78 is 0. The molecule has 2 aromatic carbocycles. The summed E-state index contributed by atoms with van der Waals surface area (Å²) in [6, 6.07) is 12.4. The first kappa shape index (κ1) is 17.0. The van der Waals surface area contributed by atoms with Gasteiger partial charge < -0.3 is 10.4 Å². The van der Waals surface area contributed by atoms with Gasteiger partial charge in [-0.15, -0.1) is 0 Å². The van der Waals surface area contributed by atoms with E-state index in [0.29, 0.717) is 15.6 Å². The van der Waals surface area contributed by atoms with Crippen LogP contribution in [0.15, 0.2) is 52.4 Å². The topological polar surface area (TPSA) is 78.8 Å². The molecule has 1 fully saturated rings. The normalized spacial score (nSPS) is 17.1. The number of amides is 1. The number of benzene rings is 2. The summed E-state index contributed by atoms with van der Waals surface area (Å²) >= 11 is 1.20. The molecule has 3 rings (SSSR count). The fourth-order valence-corrected chi connectivity index (χ4v) is 3.18. The summed E-state index contributed by atoms with van der Waals surface area (Å²) in [6.45, 7) is 4.03. The van der Waals surface area contributed by atoms with Gasteiger partial charge in [-0.1, -0.05) is 24.3 Å². The van der Waals surface area contributed by atoms with E-state index in [4.69, 9.17) is 0 Å². The number of carboxylic acid groups (broad SMARTS) is 1. The summed E-state index contributed by atoms with van der Waals surface area (Å²) in [4.78, 5) is 28.3. The molecular formula is C19H16N2O3S. The van der Waals surface area contributed by atoms with E-state index in [1.54, 1.807) is 24.3 Å². The molecule has 0 aliphatic carbocycles. The van der Waals surface area contributed by atoms with Crippen molar-refractivity contribution < 1.29 is 14.7 Å². The summed E-state index contributed by atoms with van der Waals surface area (Å²) in [6.07, 6.45) is 1.58. The number of carboxylic acids is 1.